The summed E-state index contributed by atoms with van der Waals surface area (Å²) in [5.41, 5.74) is 6.23. The molecule has 1 unspecified atom stereocenters. The average molecular weight is 294 g/mol. The molecule has 0 aliphatic rings. The fourth-order valence-corrected chi connectivity index (χ4v) is 1.88. The number of benzene rings is 1. The maximum Gasteiger partial charge on any atom is 0.313 e. The summed E-state index contributed by atoms with van der Waals surface area (Å²) >= 11 is 5.97. The standard InChI is InChI=1S/C13H12ClN3O3/c1-8(15)9-4-3-7-16-13(9)20-12-10(14)5-2-6-11(12)17(18)19/h2-8H,15H2,1H3. The van der Waals surface area contributed by atoms with Crippen LogP contribution in [-0.2, 0) is 0 Å². The molecule has 0 saturated carbocycles. The molecule has 0 spiro atoms. The smallest absolute Gasteiger partial charge is 0.313 e. The van der Waals surface area contributed by atoms with Crippen molar-refractivity contribution in [2.24, 2.45) is 5.73 Å². The zero-order valence-electron chi connectivity index (χ0n) is 10.6. The monoisotopic (exact) mass is 293 g/mol. The molecule has 0 saturated heterocycles. The van der Waals surface area contributed by atoms with Gasteiger partial charge in [0, 0.05) is 23.9 Å². The summed E-state index contributed by atoms with van der Waals surface area (Å²) in [5.74, 6) is 0.165. The van der Waals surface area contributed by atoms with E-state index in [1.165, 1.54) is 24.4 Å². The summed E-state index contributed by atoms with van der Waals surface area (Å²) in [6.45, 7) is 1.77. The van der Waals surface area contributed by atoms with Crippen molar-refractivity contribution in [2.75, 3.05) is 0 Å². The number of halogens is 1. The molecule has 1 atom stereocenters. The number of nitro groups is 1. The molecule has 6 nitrogen and oxygen atoms in total. The molecular formula is C13H12ClN3O3. The van der Waals surface area contributed by atoms with Crippen molar-refractivity contribution >= 4 is 17.3 Å². The largest absolute Gasteiger partial charge is 0.430 e. The second kappa shape index (κ2) is 5.85. The normalized spacial score (nSPS) is 11.9. The highest BCUT2D eigenvalue weighted by atomic mass is 35.5. The van der Waals surface area contributed by atoms with Crippen LogP contribution < -0.4 is 10.5 Å². The van der Waals surface area contributed by atoms with Crippen molar-refractivity contribution in [1.82, 2.24) is 4.98 Å². The van der Waals surface area contributed by atoms with Gasteiger partial charge in [-0.25, -0.2) is 4.98 Å². The maximum atomic E-state index is 11.0. The van der Waals surface area contributed by atoms with Crippen LogP contribution in [0.5, 0.6) is 11.6 Å². The van der Waals surface area contributed by atoms with Crippen LogP contribution in [-0.4, -0.2) is 9.91 Å². The number of nitrogens with two attached hydrogens (primary N) is 1. The zero-order valence-corrected chi connectivity index (χ0v) is 11.4. The van der Waals surface area contributed by atoms with Crippen molar-refractivity contribution in [1.29, 1.82) is 0 Å². The number of rotatable bonds is 4. The Morgan fingerprint density at radius 2 is 2.15 bits per heavy atom. The molecule has 1 heterocycles. The van der Waals surface area contributed by atoms with Gasteiger partial charge in [0.15, 0.2) is 0 Å². The first kappa shape index (κ1) is 14.2. The Kier molecular flexibility index (Phi) is 4.16. The highest BCUT2D eigenvalue weighted by Gasteiger charge is 2.21. The lowest BCUT2D eigenvalue weighted by Crippen LogP contribution is -2.08. The van der Waals surface area contributed by atoms with Crippen molar-refractivity contribution in [3.63, 3.8) is 0 Å². The molecule has 104 valence electrons. The molecule has 2 rings (SSSR count). The summed E-state index contributed by atoms with van der Waals surface area (Å²) in [6, 6.07) is 7.45. The number of hydrogen-bond acceptors (Lipinski definition) is 5. The third-order valence-corrected chi connectivity index (χ3v) is 2.93. The molecule has 1 aromatic heterocycles. The molecule has 7 heteroatoms. The second-order valence-corrected chi connectivity index (χ2v) is 4.54. The molecule has 0 radical (unpaired) electrons. The van der Waals surface area contributed by atoms with Crippen LogP contribution in [0.25, 0.3) is 0 Å². The highest BCUT2D eigenvalue weighted by molar-refractivity contribution is 6.32. The van der Waals surface area contributed by atoms with Gasteiger partial charge in [0.05, 0.1) is 9.95 Å². The maximum absolute atomic E-state index is 11.0. The first-order valence-electron chi connectivity index (χ1n) is 5.82. The zero-order chi connectivity index (χ0) is 14.7. The van der Waals surface area contributed by atoms with E-state index in [2.05, 4.69) is 4.98 Å². The predicted octanol–water partition coefficient (Wildman–Crippen LogP) is 3.46. The number of pyridine rings is 1. The van der Waals surface area contributed by atoms with Crippen molar-refractivity contribution < 1.29 is 9.66 Å². The van der Waals surface area contributed by atoms with Crippen LogP contribution in [0.3, 0.4) is 0 Å². The highest BCUT2D eigenvalue weighted by Crippen LogP contribution is 2.38. The Labute approximate surface area is 120 Å². The van der Waals surface area contributed by atoms with E-state index in [1.807, 2.05) is 0 Å². The number of para-hydroxylation sites is 1. The Bertz CT molecular complexity index is 647. The third-order valence-electron chi connectivity index (χ3n) is 2.63. The molecular weight excluding hydrogens is 282 g/mol. The Balaban J connectivity index is 2.48. The molecule has 0 fully saturated rings. The van der Waals surface area contributed by atoms with Crippen LogP contribution in [0.2, 0.25) is 5.02 Å². The number of aromatic nitrogens is 1. The molecule has 20 heavy (non-hydrogen) atoms. The second-order valence-electron chi connectivity index (χ2n) is 4.13. The SMILES string of the molecule is CC(N)c1cccnc1Oc1c(Cl)cccc1[N+](=O)[O-]. The van der Waals surface area contributed by atoms with Gasteiger partial charge in [-0.15, -0.1) is 0 Å². The van der Waals surface area contributed by atoms with E-state index in [9.17, 15) is 10.1 Å². The van der Waals surface area contributed by atoms with Crippen molar-refractivity contribution in [3.05, 3.63) is 57.2 Å². The minimum Gasteiger partial charge on any atom is -0.430 e. The minimum absolute atomic E-state index is 0.0419. The van der Waals surface area contributed by atoms with Gasteiger partial charge in [0.2, 0.25) is 11.6 Å². The molecule has 0 bridgehead atoms. The summed E-state index contributed by atoms with van der Waals surface area (Å²) < 4.78 is 5.53. The summed E-state index contributed by atoms with van der Waals surface area (Å²) in [6.07, 6.45) is 1.52. The molecule has 2 N–H and O–H groups in total. The fourth-order valence-electron chi connectivity index (χ4n) is 1.67. The molecule has 2 aromatic rings. The van der Waals surface area contributed by atoms with Gasteiger partial charge in [-0.1, -0.05) is 23.7 Å². The lowest BCUT2D eigenvalue weighted by molar-refractivity contribution is -0.385. The lowest BCUT2D eigenvalue weighted by atomic mass is 10.1. The third kappa shape index (κ3) is 2.87. The number of ether oxygens (including phenoxy) is 1. The van der Waals surface area contributed by atoms with Gasteiger partial charge in [-0.3, -0.25) is 10.1 Å². The topological polar surface area (TPSA) is 91.3 Å². The van der Waals surface area contributed by atoms with E-state index in [-0.39, 0.29) is 28.4 Å². The van der Waals surface area contributed by atoms with E-state index < -0.39 is 4.92 Å². The van der Waals surface area contributed by atoms with Crippen LogP contribution in [0.1, 0.15) is 18.5 Å². The fraction of sp³-hybridized carbons (Fsp3) is 0.154. The van der Waals surface area contributed by atoms with E-state index in [1.54, 1.807) is 19.1 Å². The predicted molar refractivity (Wildman–Crippen MR) is 75.0 cm³/mol. The summed E-state index contributed by atoms with van der Waals surface area (Å²) in [5, 5.41) is 11.1. The van der Waals surface area contributed by atoms with E-state index in [0.29, 0.717) is 5.56 Å². The minimum atomic E-state index is -0.560. The Morgan fingerprint density at radius 1 is 1.40 bits per heavy atom. The van der Waals surface area contributed by atoms with Crippen LogP contribution in [0.15, 0.2) is 36.5 Å². The molecule has 0 aliphatic carbocycles. The van der Waals surface area contributed by atoms with Crippen molar-refractivity contribution in [2.45, 2.75) is 13.0 Å². The summed E-state index contributed by atoms with van der Waals surface area (Å²) in [4.78, 5) is 14.5. The lowest BCUT2D eigenvalue weighted by Gasteiger charge is -2.12. The first-order valence-corrected chi connectivity index (χ1v) is 6.19. The van der Waals surface area contributed by atoms with Crippen LogP contribution in [0, 0.1) is 10.1 Å². The van der Waals surface area contributed by atoms with E-state index in [4.69, 9.17) is 22.1 Å². The Hall–Kier alpha value is -2.18. The molecule has 0 amide bonds. The number of hydrogen-bond donors (Lipinski definition) is 1. The van der Waals surface area contributed by atoms with Gasteiger partial charge in [-0.2, -0.15) is 0 Å². The number of nitro benzene ring substituents is 1. The van der Waals surface area contributed by atoms with Gasteiger partial charge < -0.3 is 10.5 Å². The summed E-state index contributed by atoms with van der Waals surface area (Å²) in [7, 11) is 0. The van der Waals surface area contributed by atoms with Gasteiger partial charge in [-0.05, 0) is 19.1 Å². The first-order chi connectivity index (χ1) is 9.50. The van der Waals surface area contributed by atoms with Gasteiger partial charge >= 0.3 is 5.69 Å². The molecule has 0 aliphatic heterocycles. The van der Waals surface area contributed by atoms with E-state index in [0.717, 1.165) is 0 Å². The Morgan fingerprint density at radius 3 is 2.80 bits per heavy atom. The van der Waals surface area contributed by atoms with Gasteiger partial charge in [0.1, 0.15) is 0 Å². The molecule has 1 aromatic carbocycles. The van der Waals surface area contributed by atoms with Crippen LogP contribution >= 0.6 is 11.6 Å². The average Bonchev–Trinajstić information content (AvgIpc) is 2.41. The van der Waals surface area contributed by atoms with Crippen molar-refractivity contribution in [3.8, 4) is 11.6 Å². The van der Waals surface area contributed by atoms with Gasteiger partial charge in [0.25, 0.3) is 0 Å². The number of nitrogens with zero attached hydrogens (tertiary/aromatic N) is 2. The quantitative estimate of drug-likeness (QED) is 0.688. The van der Waals surface area contributed by atoms with E-state index >= 15 is 0 Å². The van der Waals surface area contributed by atoms with Crippen LogP contribution in [0.4, 0.5) is 5.69 Å².